The highest BCUT2D eigenvalue weighted by Crippen LogP contribution is 2.28. The van der Waals surface area contributed by atoms with Crippen molar-refractivity contribution in [2.24, 2.45) is 0 Å². The van der Waals surface area contributed by atoms with Crippen LogP contribution in [0.15, 0.2) is 48.5 Å². The number of nitrogens with zero attached hydrogens (tertiary/aromatic N) is 1. The van der Waals surface area contributed by atoms with Gasteiger partial charge < -0.3 is 10.6 Å². The van der Waals surface area contributed by atoms with E-state index in [-0.39, 0.29) is 5.69 Å². The quantitative estimate of drug-likeness (QED) is 0.823. The topological polar surface area (TPSA) is 78.5 Å². The van der Waals surface area contributed by atoms with Crippen LogP contribution in [0.25, 0.3) is 0 Å². The van der Waals surface area contributed by atoms with Crippen LogP contribution in [0.5, 0.6) is 0 Å². The molecule has 2 aromatic rings. The molecule has 4 amide bonds. The number of rotatable bonds is 4. The Morgan fingerprint density at radius 3 is 2.46 bits per heavy atom. The summed E-state index contributed by atoms with van der Waals surface area (Å²) < 4.78 is 26.3. The smallest absolute Gasteiger partial charge is 0.324 e. The first-order chi connectivity index (χ1) is 12.3. The van der Waals surface area contributed by atoms with Gasteiger partial charge in [0.1, 0.15) is 23.7 Å². The second-order valence-electron chi connectivity index (χ2n) is 6.01. The van der Waals surface area contributed by atoms with Gasteiger partial charge in [0.05, 0.1) is 0 Å². The highest BCUT2D eigenvalue weighted by Gasteiger charge is 2.49. The van der Waals surface area contributed by atoms with Crippen molar-refractivity contribution >= 4 is 23.5 Å². The molecule has 1 aliphatic heterocycles. The van der Waals surface area contributed by atoms with Gasteiger partial charge in [-0.2, -0.15) is 0 Å². The zero-order valence-electron chi connectivity index (χ0n) is 13.8. The van der Waals surface area contributed by atoms with Crippen LogP contribution in [0.2, 0.25) is 0 Å². The van der Waals surface area contributed by atoms with E-state index in [1.165, 1.54) is 49.4 Å². The second-order valence-corrected chi connectivity index (χ2v) is 6.01. The Balaban J connectivity index is 1.74. The molecule has 1 atom stereocenters. The maximum Gasteiger partial charge on any atom is 0.325 e. The Labute approximate surface area is 147 Å². The van der Waals surface area contributed by atoms with E-state index < -0.39 is 41.6 Å². The Morgan fingerprint density at radius 1 is 1.12 bits per heavy atom. The molecule has 0 spiro atoms. The van der Waals surface area contributed by atoms with Gasteiger partial charge in [0, 0.05) is 5.69 Å². The minimum absolute atomic E-state index is 0.211. The van der Waals surface area contributed by atoms with Gasteiger partial charge in [0.2, 0.25) is 5.91 Å². The minimum atomic E-state index is -1.40. The SMILES string of the molecule is CC1(c2ccc(F)cc2)NC(=O)N(CC(=O)Nc2cccc(F)c2)C1=O. The summed E-state index contributed by atoms with van der Waals surface area (Å²) in [4.78, 5) is 37.7. The molecule has 0 bridgehead atoms. The number of anilines is 1. The molecule has 1 heterocycles. The van der Waals surface area contributed by atoms with Gasteiger partial charge in [-0.05, 0) is 42.8 Å². The number of carbonyl (C=O) groups is 3. The summed E-state index contributed by atoms with van der Waals surface area (Å²) in [6.45, 7) is 0.947. The van der Waals surface area contributed by atoms with E-state index in [2.05, 4.69) is 10.6 Å². The third-order valence-electron chi connectivity index (χ3n) is 4.11. The van der Waals surface area contributed by atoms with Gasteiger partial charge in [-0.15, -0.1) is 0 Å². The van der Waals surface area contributed by atoms with Gasteiger partial charge in [0.25, 0.3) is 5.91 Å². The number of nitrogens with one attached hydrogen (secondary N) is 2. The van der Waals surface area contributed by atoms with E-state index in [9.17, 15) is 23.2 Å². The van der Waals surface area contributed by atoms with E-state index in [0.717, 1.165) is 11.0 Å². The van der Waals surface area contributed by atoms with E-state index in [1.54, 1.807) is 0 Å². The van der Waals surface area contributed by atoms with Crippen molar-refractivity contribution < 1.29 is 23.2 Å². The number of carbonyl (C=O) groups excluding carboxylic acids is 3. The first-order valence-corrected chi connectivity index (χ1v) is 7.75. The van der Waals surface area contributed by atoms with Gasteiger partial charge >= 0.3 is 6.03 Å². The highest BCUT2D eigenvalue weighted by molar-refractivity contribution is 6.10. The van der Waals surface area contributed by atoms with Crippen LogP contribution in [0, 0.1) is 11.6 Å². The number of hydrogen-bond donors (Lipinski definition) is 2. The average molecular weight is 359 g/mol. The molecule has 1 saturated heterocycles. The summed E-state index contributed by atoms with van der Waals surface area (Å²) in [5, 5.41) is 4.94. The summed E-state index contributed by atoms with van der Waals surface area (Å²) in [5.41, 5.74) is -0.794. The van der Waals surface area contributed by atoms with Crippen LogP contribution >= 0.6 is 0 Å². The molecule has 0 saturated carbocycles. The summed E-state index contributed by atoms with van der Waals surface area (Å²) in [6.07, 6.45) is 0. The number of amides is 4. The minimum Gasteiger partial charge on any atom is -0.324 e. The van der Waals surface area contributed by atoms with E-state index in [4.69, 9.17) is 0 Å². The predicted octanol–water partition coefficient (Wildman–Crippen LogP) is 2.37. The monoisotopic (exact) mass is 359 g/mol. The summed E-state index contributed by atoms with van der Waals surface area (Å²) >= 11 is 0. The van der Waals surface area contributed by atoms with E-state index in [0.29, 0.717) is 5.56 Å². The summed E-state index contributed by atoms with van der Waals surface area (Å²) in [6, 6.07) is 9.65. The Kier molecular flexibility index (Phi) is 4.41. The van der Waals surface area contributed by atoms with Crippen molar-refractivity contribution in [2.75, 3.05) is 11.9 Å². The van der Waals surface area contributed by atoms with Gasteiger partial charge in [-0.25, -0.2) is 13.6 Å². The van der Waals surface area contributed by atoms with Crippen molar-refractivity contribution in [3.05, 3.63) is 65.7 Å². The number of imide groups is 1. The molecule has 26 heavy (non-hydrogen) atoms. The van der Waals surface area contributed by atoms with Crippen molar-refractivity contribution in [3.8, 4) is 0 Å². The Bertz CT molecular complexity index is 886. The van der Waals surface area contributed by atoms with Crippen molar-refractivity contribution in [1.82, 2.24) is 10.2 Å². The average Bonchev–Trinajstić information content (AvgIpc) is 2.79. The maximum absolute atomic E-state index is 13.2. The van der Waals surface area contributed by atoms with Crippen LogP contribution in [-0.4, -0.2) is 29.3 Å². The van der Waals surface area contributed by atoms with Crippen LogP contribution < -0.4 is 10.6 Å². The van der Waals surface area contributed by atoms with Crippen LogP contribution in [0.1, 0.15) is 12.5 Å². The van der Waals surface area contributed by atoms with E-state index in [1.807, 2.05) is 0 Å². The molecule has 1 unspecified atom stereocenters. The summed E-state index contributed by atoms with van der Waals surface area (Å²) in [7, 11) is 0. The van der Waals surface area contributed by atoms with Gasteiger partial charge in [-0.1, -0.05) is 18.2 Å². The number of urea groups is 1. The fourth-order valence-corrected chi connectivity index (χ4v) is 2.73. The lowest BCUT2D eigenvalue weighted by Gasteiger charge is -2.22. The fourth-order valence-electron chi connectivity index (χ4n) is 2.73. The lowest BCUT2D eigenvalue weighted by atomic mass is 9.92. The normalized spacial score (nSPS) is 19.4. The van der Waals surface area contributed by atoms with Crippen LogP contribution in [0.3, 0.4) is 0 Å². The third kappa shape index (κ3) is 3.26. The molecule has 2 N–H and O–H groups in total. The molecule has 6 nitrogen and oxygen atoms in total. The second kappa shape index (κ2) is 6.55. The molecule has 0 aromatic heterocycles. The molecular formula is C18H15F2N3O3. The van der Waals surface area contributed by atoms with E-state index >= 15 is 0 Å². The van der Waals surface area contributed by atoms with Crippen molar-refractivity contribution in [2.45, 2.75) is 12.5 Å². The molecule has 1 aliphatic rings. The molecule has 2 aromatic carbocycles. The highest BCUT2D eigenvalue weighted by atomic mass is 19.1. The zero-order chi connectivity index (χ0) is 18.9. The van der Waals surface area contributed by atoms with Crippen LogP contribution in [-0.2, 0) is 15.1 Å². The fraction of sp³-hybridized carbons (Fsp3) is 0.167. The molecular weight excluding hydrogens is 344 g/mol. The first kappa shape index (κ1) is 17.5. The molecule has 3 rings (SSSR count). The lowest BCUT2D eigenvalue weighted by Crippen LogP contribution is -2.42. The molecule has 134 valence electrons. The molecule has 0 aliphatic carbocycles. The number of benzene rings is 2. The van der Waals surface area contributed by atoms with Gasteiger partial charge in [0.15, 0.2) is 0 Å². The maximum atomic E-state index is 13.2. The van der Waals surface area contributed by atoms with Gasteiger partial charge in [-0.3, -0.25) is 14.5 Å². The first-order valence-electron chi connectivity index (χ1n) is 7.75. The summed E-state index contributed by atoms with van der Waals surface area (Å²) in [5.74, 6) is -2.28. The molecule has 8 heteroatoms. The third-order valence-corrected chi connectivity index (χ3v) is 4.11. The zero-order valence-corrected chi connectivity index (χ0v) is 13.8. The Hall–Kier alpha value is -3.29. The standard InChI is InChI=1S/C18H15F2N3O3/c1-18(11-5-7-12(19)8-6-11)16(25)23(17(26)22-18)10-15(24)21-14-4-2-3-13(20)9-14/h2-9H,10H2,1H3,(H,21,24)(H,22,26). The largest absolute Gasteiger partial charge is 0.325 e. The predicted molar refractivity (Wildman–Crippen MR) is 89.0 cm³/mol. The molecule has 0 radical (unpaired) electrons. The van der Waals surface area contributed by atoms with Crippen LogP contribution in [0.4, 0.5) is 19.3 Å². The number of halogens is 2. The van der Waals surface area contributed by atoms with Crippen molar-refractivity contribution in [1.29, 1.82) is 0 Å². The van der Waals surface area contributed by atoms with Crippen molar-refractivity contribution in [3.63, 3.8) is 0 Å². The Morgan fingerprint density at radius 2 is 1.81 bits per heavy atom. The lowest BCUT2D eigenvalue weighted by molar-refractivity contribution is -0.133. The molecule has 1 fully saturated rings. The number of hydrogen-bond acceptors (Lipinski definition) is 3.